The highest BCUT2D eigenvalue weighted by molar-refractivity contribution is 5.95. The maximum atomic E-state index is 11.9. The molecule has 0 aliphatic heterocycles. The first-order valence-electron chi connectivity index (χ1n) is 6.88. The highest BCUT2D eigenvalue weighted by Gasteiger charge is 2.24. The van der Waals surface area contributed by atoms with Gasteiger partial charge in [0.15, 0.2) is 6.10 Å². The van der Waals surface area contributed by atoms with Crippen molar-refractivity contribution in [2.45, 2.75) is 32.3 Å². The van der Waals surface area contributed by atoms with Gasteiger partial charge in [0.25, 0.3) is 5.91 Å². The Kier molecular flexibility index (Phi) is 4.93. The minimum absolute atomic E-state index is 0.119. The van der Waals surface area contributed by atoms with Gasteiger partial charge in [-0.1, -0.05) is 30.4 Å². The van der Waals surface area contributed by atoms with E-state index in [4.69, 9.17) is 4.74 Å². The number of para-hydroxylation sites is 1. The molecule has 1 amide bonds. The molecule has 1 aliphatic rings. The predicted octanol–water partition coefficient (Wildman–Crippen LogP) is 2.91. The van der Waals surface area contributed by atoms with Crippen LogP contribution in [0.25, 0.3) is 0 Å². The SMILES string of the molecule is C[C@@H](OC(=O)[C@H]1CC=CCC1)C(=O)Nc1ccccc1. The Morgan fingerprint density at radius 1 is 1.25 bits per heavy atom. The van der Waals surface area contributed by atoms with Crippen molar-refractivity contribution in [1.82, 2.24) is 0 Å². The summed E-state index contributed by atoms with van der Waals surface area (Å²) in [7, 11) is 0. The van der Waals surface area contributed by atoms with Gasteiger partial charge in [-0.05, 0) is 38.3 Å². The van der Waals surface area contributed by atoms with Crippen LogP contribution in [0.2, 0.25) is 0 Å². The first kappa shape index (κ1) is 14.3. The molecule has 4 nitrogen and oxygen atoms in total. The number of nitrogens with one attached hydrogen (secondary N) is 1. The molecule has 0 radical (unpaired) electrons. The molecule has 0 aromatic heterocycles. The lowest BCUT2D eigenvalue weighted by molar-refractivity contribution is -0.157. The third-order valence-corrected chi connectivity index (χ3v) is 3.31. The minimum Gasteiger partial charge on any atom is -0.452 e. The average molecular weight is 273 g/mol. The number of carbonyl (C=O) groups is 2. The van der Waals surface area contributed by atoms with Crippen molar-refractivity contribution in [1.29, 1.82) is 0 Å². The number of carbonyl (C=O) groups excluding carboxylic acids is 2. The summed E-state index contributed by atoms with van der Waals surface area (Å²) in [6.07, 6.45) is 5.66. The summed E-state index contributed by atoms with van der Waals surface area (Å²) in [5.74, 6) is -0.715. The van der Waals surface area contributed by atoms with Crippen molar-refractivity contribution < 1.29 is 14.3 Å². The normalized spacial score (nSPS) is 19.1. The molecule has 0 bridgehead atoms. The van der Waals surface area contributed by atoms with Gasteiger partial charge in [0, 0.05) is 5.69 Å². The van der Waals surface area contributed by atoms with Crippen LogP contribution < -0.4 is 5.32 Å². The molecule has 106 valence electrons. The fraction of sp³-hybridized carbons (Fsp3) is 0.375. The van der Waals surface area contributed by atoms with Crippen LogP contribution in [0, 0.1) is 5.92 Å². The van der Waals surface area contributed by atoms with E-state index in [0.717, 1.165) is 12.8 Å². The number of amides is 1. The Bertz CT molecular complexity index is 496. The van der Waals surface area contributed by atoms with E-state index in [1.54, 1.807) is 19.1 Å². The van der Waals surface area contributed by atoms with Crippen LogP contribution in [0.15, 0.2) is 42.5 Å². The van der Waals surface area contributed by atoms with Crippen molar-refractivity contribution in [3.63, 3.8) is 0 Å². The number of esters is 1. The molecule has 1 aromatic rings. The summed E-state index contributed by atoms with van der Waals surface area (Å²) in [6.45, 7) is 1.59. The van der Waals surface area contributed by atoms with Gasteiger partial charge in [-0.2, -0.15) is 0 Å². The van der Waals surface area contributed by atoms with E-state index in [1.165, 1.54) is 0 Å². The molecule has 0 saturated heterocycles. The van der Waals surface area contributed by atoms with Gasteiger partial charge in [-0.3, -0.25) is 9.59 Å². The number of ether oxygens (including phenoxy) is 1. The molecule has 0 saturated carbocycles. The van der Waals surface area contributed by atoms with Crippen molar-refractivity contribution in [2.24, 2.45) is 5.92 Å². The molecule has 1 N–H and O–H groups in total. The van der Waals surface area contributed by atoms with E-state index in [9.17, 15) is 9.59 Å². The van der Waals surface area contributed by atoms with E-state index in [1.807, 2.05) is 24.3 Å². The molecule has 2 atom stereocenters. The molecular formula is C16H19NO3. The third-order valence-electron chi connectivity index (χ3n) is 3.31. The zero-order chi connectivity index (χ0) is 14.4. The van der Waals surface area contributed by atoms with Gasteiger partial charge in [-0.25, -0.2) is 0 Å². The standard InChI is InChI=1S/C16H19NO3/c1-12(15(18)17-14-10-6-3-7-11-14)20-16(19)13-8-4-2-5-9-13/h2-4,6-7,10-13H,5,8-9H2,1H3,(H,17,18)/t12-,13+/m1/s1. The highest BCUT2D eigenvalue weighted by Crippen LogP contribution is 2.20. The first-order valence-corrected chi connectivity index (χ1v) is 6.88. The van der Waals surface area contributed by atoms with Crippen LogP contribution in [0.5, 0.6) is 0 Å². The molecule has 0 fully saturated rings. The number of anilines is 1. The van der Waals surface area contributed by atoms with Gasteiger partial charge in [0.2, 0.25) is 0 Å². The van der Waals surface area contributed by atoms with Crippen LogP contribution in [-0.4, -0.2) is 18.0 Å². The maximum absolute atomic E-state index is 11.9. The van der Waals surface area contributed by atoms with Crippen LogP contribution in [0.4, 0.5) is 5.69 Å². The Balaban J connectivity index is 1.84. The van der Waals surface area contributed by atoms with Gasteiger partial charge < -0.3 is 10.1 Å². The zero-order valence-corrected chi connectivity index (χ0v) is 11.5. The summed E-state index contributed by atoms with van der Waals surface area (Å²) in [4.78, 5) is 23.9. The van der Waals surface area contributed by atoms with Crippen molar-refractivity contribution in [2.75, 3.05) is 5.32 Å². The lowest BCUT2D eigenvalue weighted by Gasteiger charge is -2.19. The smallest absolute Gasteiger partial charge is 0.310 e. The van der Waals surface area contributed by atoms with Gasteiger partial charge in [0.05, 0.1) is 5.92 Å². The lowest BCUT2D eigenvalue weighted by atomic mass is 9.95. The molecule has 2 rings (SSSR count). The number of hydrogen-bond donors (Lipinski definition) is 1. The molecule has 0 spiro atoms. The molecule has 0 unspecified atom stereocenters. The average Bonchev–Trinajstić information content (AvgIpc) is 2.49. The second-order valence-electron chi connectivity index (χ2n) is 4.92. The minimum atomic E-state index is -0.784. The van der Waals surface area contributed by atoms with Gasteiger partial charge in [-0.15, -0.1) is 0 Å². The van der Waals surface area contributed by atoms with E-state index in [-0.39, 0.29) is 17.8 Å². The van der Waals surface area contributed by atoms with Crippen LogP contribution in [0.1, 0.15) is 26.2 Å². The fourth-order valence-electron chi connectivity index (χ4n) is 2.10. The number of allylic oxidation sites excluding steroid dienone is 2. The third kappa shape index (κ3) is 3.95. The second-order valence-corrected chi connectivity index (χ2v) is 4.92. The quantitative estimate of drug-likeness (QED) is 0.678. The topological polar surface area (TPSA) is 55.4 Å². The number of hydrogen-bond acceptors (Lipinski definition) is 3. The van der Waals surface area contributed by atoms with Crippen molar-refractivity contribution in [3.05, 3.63) is 42.5 Å². The highest BCUT2D eigenvalue weighted by atomic mass is 16.5. The Hall–Kier alpha value is -2.10. The van der Waals surface area contributed by atoms with Gasteiger partial charge >= 0.3 is 5.97 Å². The van der Waals surface area contributed by atoms with E-state index in [0.29, 0.717) is 12.1 Å². The Morgan fingerprint density at radius 2 is 2.00 bits per heavy atom. The van der Waals surface area contributed by atoms with Crippen LogP contribution >= 0.6 is 0 Å². The van der Waals surface area contributed by atoms with Gasteiger partial charge in [0.1, 0.15) is 0 Å². The Morgan fingerprint density at radius 3 is 2.65 bits per heavy atom. The fourth-order valence-corrected chi connectivity index (χ4v) is 2.10. The van der Waals surface area contributed by atoms with Crippen molar-refractivity contribution in [3.8, 4) is 0 Å². The molecule has 4 heteroatoms. The summed E-state index contributed by atoms with van der Waals surface area (Å²) in [5, 5.41) is 2.72. The zero-order valence-electron chi connectivity index (χ0n) is 11.5. The van der Waals surface area contributed by atoms with E-state index < -0.39 is 6.10 Å². The Labute approximate surface area is 118 Å². The largest absolute Gasteiger partial charge is 0.452 e. The second kappa shape index (κ2) is 6.89. The molecule has 1 aromatic carbocycles. The number of rotatable bonds is 4. The van der Waals surface area contributed by atoms with Crippen molar-refractivity contribution >= 4 is 17.6 Å². The predicted molar refractivity (Wildman–Crippen MR) is 77.1 cm³/mol. The molecule has 20 heavy (non-hydrogen) atoms. The van der Waals surface area contributed by atoms with E-state index >= 15 is 0 Å². The maximum Gasteiger partial charge on any atom is 0.310 e. The monoisotopic (exact) mass is 273 g/mol. The van der Waals surface area contributed by atoms with Crippen LogP contribution in [0.3, 0.4) is 0 Å². The van der Waals surface area contributed by atoms with E-state index in [2.05, 4.69) is 11.4 Å². The molecular weight excluding hydrogens is 254 g/mol. The first-order chi connectivity index (χ1) is 9.66. The molecule has 0 heterocycles. The summed E-state index contributed by atoms with van der Waals surface area (Å²) >= 11 is 0. The van der Waals surface area contributed by atoms with Crippen LogP contribution in [-0.2, 0) is 14.3 Å². The molecule has 1 aliphatic carbocycles. The lowest BCUT2D eigenvalue weighted by Crippen LogP contribution is -2.32. The summed E-state index contributed by atoms with van der Waals surface area (Å²) < 4.78 is 5.24. The number of benzene rings is 1. The summed E-state index contributed by atoms with van der Waals surface area (Å²) in [6, 6.07) is 9.12. The summed E-state index contributed by atoms with van der Waals surface area (Å²) in [5.41, 5.74) is 0.695.